The van der Waals surface area contributed by atoms with Gasteiger partial charge in [0.15, 0.2) is 0 Å². The molecule has 0 amide bonds. The number of anilines is 1. The first-order valence-electron chi connectivity index (χ1n) is 7.32. The van der Waals surface area contributed by atoms with Crippen molar-refractivity contribution >= 4 is 24.8 Å². The SMILES string of the molecule is CC(C)c1nc(N(C)S)nc(-c2ccc(F)cc2)c1/C=C/CO. The summed E-state index contributed by atoms with van der Waals surface area (Å²) in [6.45, 7) is 4.00. The second-order valence-electron chi connectivity index (χ2n) is 5.44. The highest BCUT2D eigenvalue weighted by Crippen LogP contribution is 2.31. The second kappa shape index (κ2) is 7.57. The number of hydrogen-bond donors (Lipinski definition) is 2. The van der Waals surface area contributed by atoms with Crippen LogP contribution in [0.5, 0.6) is 0 Å². The highest BCUT2D eigenvalue weighted by molar-refractivity contribution is 7.81. The van der Waals surface area contributed by atoms with Crippen LogP contribution in [-0.2, 0) is 0 Å². The number of nitrogens with zero attached hydrogens (tertiary/aromatic N) is 3. The summed E-state index contributed by atoms with van der Waals surface area (Å²) in [6, 6.07) is 6.16. The lowest BCUT2D eigenvalue weighted by Crippen LogP contribution is -2.11. The molecule has 0 aliphatic rings. The Morgan fingerprint density at radius 2 is 1.91 bits per heavy atom. The summed E-state index contributed by atoms with van der Waals surface area (Å²) in [5.41, 5.74) is 3.13. The topological polar surface area (TPSA) is 49.2 Å². The zero-order valence-electron chi connectivity index (χ0n) is 13.4. The molecule has 0 aliphatic carbocycles. The normalized spacial score (nSPS) is 11.4. The average molecular weight is 333 g/mol. The number of aromatic nitrogens is 2. The van der Waals surface area contributed by atoms with Gasteiger partial charge in [-0.2, -0.15) is 0 Å². The van der Waals surface area contributed by atoms with Gasteiger partial charge >= 0.3 is 0 Å². The van der Waals surface area contributed by atoms with Crippen LogP contribution in [0.1, 0.15) is 31.0 Å². The predicted octanol–water partition coefficient (Wildman–Crippen LogP) is 3.69. The molecule has 1 N–H and O–H groups in total. The van der Waals surface area contributed by atoms with E-state index in [4.69, 9.17) is 5.11 Å². The van der Waals surface area contributed by atoms with E-state index in [0.717, 1.165) is 16.8 Å². The quantitative estimate of drug-likeness (QED) is 0.819. The van der Waals surface area contributed by atoms with Crippen molar-refractivity contribution in [2.45, 2.75) is 19.8 Å². The van der Waals surface area contributed by atoms with Crippen molar-refractivity contribution in [1.82, 2.24) is 9.97 Å². The first-order chi connectivity index (χ1) is 10.9. The standard InChI is InChI=1S/C17H20FN3OS/c1-11(2)15-14(5-4-10-22)16(20-17(19-15)21(3)23)12-6-8-13(18)9-7-12/h4-9,11,22-23H,10H2,1-3H3/b5-4+. The van der Waals surface area contributed by atoms with Gasteiger partial charge in [-0.05, 0) is 30.2 Å². The number of aliphatic hydroxyl groups is 1. The zero-order chi connectivity index (χ0) is 17.0. The first kappa shape index (κ1) is 17.4. The van der Waals surface area contributed by atoms with E-state index in [0.29, 0.717) is 11.6 Å². The van der Waals surface area contributed by atoms with E-state index < -0.39 is 0 Å². The van der Waals surface area contributed by atoms with Gasteiger partial charge in [0.25, 0.3) is 0 Å². The molecule has 0 saturated heterocycles. The van der Waals surface area contributed by atoms with Gasteiger partial charge in [-0.3, -0.25) is 4.31 Å². The van der Waals surface area contributed by atoms with Crippen LogP contribution in [0.4, 0.5) is 10.3 Å². The molecule has 0 unspecified atom stereocenters. The summed E-state index contributed by atoms with van der Waals surface area (Å²) in [6.07, 6.45) is 3.44. The monoisotopic (exact) mass is 333 g/mol. The number of thiol groups is 1. The van der Waals surface area contributed by atoms with Gasteiger partial charge in [-0.25, -0.2) is 14.4 Å². The Morgan fingerprint density at radius 3 is 2.43 bits per heavy atom. The molecule has 1 aromatic carbocycles. The van der Waals surface area contributed by atoms with Crippen LogP contribution in [0.25, 0.3) is 17.3 Å². The zero-order valence-corrected chi connectivity index (χ0v) is 14.3. The summed E-state index contributed by atoms with van der Waals surface area (Å²) in [5, 5.41) is 9.10. The molecule has 122 valence electrons. The fourth-order valence-electron chi connectivity index (χ4n) is 2.22. The van der Waals surface area contributed by atoms with Crippen LogP contribution in [0, 0.1) is 5.82 Å². The van der Waals surface area contributed by atoms with E-state index in [-0.39, 0.29) is 18.3 Å². The van der Waals surface area contributed by atoms with E-state index in [1.165, 1.54) is 12.1 Å². The van der Waals surface area contributed by atoms with Gasteiger partial charge in [0.05, 0.1) is 18.0 Å². The highest BCUT2D eigenvalue weighted by Gasteiger charge is 2.17. The van der Waals surface area contributed by atoms with Crippen molar-refractivity contribution in [1.29, 1.82) is 0 Å². The summed E-state index contributed by atoms with van der Waals surface area (Å²) in [4.78, 5) is 9.11. The molecule has 0 aliphatic heterocycles. The van der Waals surface area contributed by atoms with Crippen molar-refractivity contribution in [3.63, 3.8) is 0 Å². The van der Waals surface area contributed by atoms with Gasteiger partial charge in [0, 0.05) is 18.2 Å². The van der Waals surface area contributed by atoms with Crippen LogP contribution in [-0.4, -0.2) is 28.7 Å². The van der Waals surface area contributed by atoms with Crippen molar-refractivity contribution in [3.05, 3.63) is 47.4 Å². The lowest BCUT2D eigenvalue weighted by Gasteiger charge is -2.18. The second-order valence-corrected chi connectivity index (χ2v) is 6.04. The van der Waals surface area contributed by atoms with E-state index in [1.807, 2.05) is 13.8 Å². The first-order valence-corrected chi connectivity index (χ1v) is 7.72. The highest BCUT2D eigenvalue weighted by atomic mass is 32.1. The molecule has 0 fully saturated rings. The van der Waals surface area contributed by atoms with Gasteiger partial charge in [-0.15, -0.1) is 0 Å². The predicted molar refractivity (Wildman–Crippen MR) is 95.0 cm³/mol. The third-order valence-electron chi connectivity index (χ3n) is 3.31. The third kappa shape index (κ3) is 4.09. The Bertz CT molecular complexity index is 700. The largest absolute Gasteiger partial charge is 0.392 e. The fraction of sp³-hybridized carbons (Fsp3) is 0.294. The smallest absolute Gasteiger partial charge is 0.235 e. The summed E-state index contributed by atoms with van der Waals surface area (Å²) in [5.74, 6) is 0.325. The summed E-state index contributed by atoms with van der Waals surface area (Å²) >= 11 is 4.27. The summed E-state index contributed by atoms with van der Waals surface area (Å²) < 4.78 is 14.8. The maximum absolute atomic E-state index is 13.2. The Kier molecular flexibility index (Phi) is 5.74. The molecule has 23 heavy (non-hydrogen) atoms. The molecule has 2 aromatic rings. The van der Waals surface area contributed by atoms with Gasteiger partial charge in [-0.1, -0.05) is 38.8 Å². The van der Waals surface area contributed by atoms with Gasteiger partial charge in [0.2, 0.25) is 5.95 Å². The number of rotatable bonds is 5. The Hall–Kier alpha value is -1.92. The molecule has 1 aromatic heterocycles. The Balaban J connectivity index is 2.73. The minimum atomic E-state index is -0.300. The van der Waals surface area contributed by atoms with Crippen LogP contribution in [0.3, 0.4) is 0 Å². The molecule has 6 heteroatoms. The fourth-order valence-corrected chi connectivity index (χ4v) is 2.31. The van der Waals surface area contributed by atoms with E-state index in [2.05, 4.69) is 22.8 Å². The van der Waals surface area contributed by atoms with Gasteiger partial charge in [0.1, 0.15) is 5.82 Å². The van der Waals surface area contributed by atoms with Crippen molar-refractivity contribution in [2.24, 2.45) is 0 Å². The molecule has 0 spiro atoms. The molecule has 1 heterocycles. The molecule has 0 saturated carbocycles. The lowest BCUT2D eigenvalue weighted by molar-refractivity contribution is 0.343. The summed E-state index contributed by atoms with van der Waals surface area (Å²) in [7, 11) is 1.75. The third-order valence-corrected chi connectivity index (χ3v) is 3.49. The Labute approximate surface area is 141 Å². The number of hydrogen-bond acceptors (Lipinski definition) is 5. The van der Waals surface area contributed by atoms with Crippen LogP contribution < -0.4 is 4.31 Å². The molecule has 4 nitrogen and oxygen atoms in total. The van der Waals surface area contributed by atoms with Crippen molar-refractivity contribution in [3.8, 4) is 11.3 Å². The molecule has 0 atom stereocenters. The van der Waals surface area contributed by atoms with E-state index in [9.17, 15) is 4.39 Å². The molecular formula is C17H20FN3OS. The lowest BCUT2D eigenvalue weighted by atomic mass is 9.98. The van der Waals surface area contributed by atoms with Crippen LogP contribution >= 0.6 is 12.8 Å². The maximum Gasteiger partial charge on any atom is 0.235 e. The van der Waals surface area contributed by atoms with E-state index in [1.54, 1.807) is 35.6 Å². The van der Waals surface area contributed by atoms with Crippen LogP contribution in [0.15, 0.2) is 30.3 Å². The minimum absolute atomic E-state index is 0.0748. The number of benzene rings is 1. The van der Waals surface area contributed by atoms with Crippen LogP contribution in [0.2, 0.25) is 0 Å². The average Bonchev–Trinajstić information content (AvgIpc) is 2.52. The molecule has 2 rings (SSSR count). The minimum Gasteiger partial charge on any atom is -0.392 e. The van der Waals surface area contributed by atoms with Crippen molar-refractivity contribution < 1.29 is 9.50 Å². The molecular weight excluding hydrogens is 313 g/mol. The molecule has 0 bridgehead atoms. The van der Waals surface area contributed by atoms with E-state index >= 15 is 0 Å². The van der Waals surface area contributed by atoms with Crippen molar-refractivity contribution in [2.75, 3.05) is 18.0 Å². The molecule has 0 radical (unpaired) electrons. The number of halogens is 1. The number of aliphatic hydroxyl groups excluding tert-OH is 1. The van der Waals surface area contributed by atoms with Gasteiger partial charge < -0.3 is 5.11 Å². The maximum atomic E-state index is 13.2. The Morgan fingerprint density at radius 1 is 1.26 bits per heavy atom.